The Labute approximate surface area is 125 Å². The van der Waals surface area contributed by atoms with E-state index in [-0.39, 0.29) is 30.6 Å². The number of aromatic nitrogens is 4. The lowest BCUT2D eigenvalue weighted by molar-refractivity contribution is 0.0858. The maximum Gasteiger partial charge on any atom is 0.332 e. The number of aliphatic hydroxyl groups excluding tert-OH is 2. The van der Waals surface area contributed by atoms with Gasteiger partial charge in [-0.05, 0) is 19.2 Å². The molecule has 0 aliphatic carbocycles. The molecule has 0 saturated heterocycles. The van der Waals surface area contributed by atoms with Crippen molar-refractivity contribution >= 4 is 11.2 Å². The highest BCUT2D eigenvalue weighted by Gasteiger charge is 2.14. The van der Waals surface area contributed by atoms with Crippen molar-refractivity contribution in [2.24, 2.45) is 14.1 Å². The summed E-state index contributed by atoms with van der Waals surface area (Å²) in [7, 11) is 3.13. The van der Waals surface area contributed by atoms with Crippen molar-refractivity contribution in [1.29, 1.82) is 0 Å². The summed E-state index contributed by atoms with van der Waals surface area (Å²) < 4.78 is 26.1. The minimum absolute atomic E-state index is 0.0487. The monoisotopic (exact) mass is 299 g/mol. The maximum atomic E-state index is 12.5. The molecule has 0 aromatic carbocycles. The molecule has 2 atom stereocenters. The molecule has 0 bridgehead atoms. The molecular formula is C13H20N4O4. The minimum atomic E-state index is -2.20. The van der Waals surface area contributed by atoms with Crippen molar-refractivity contribution in [3.8, 4) is 0 Å². The highest BCUT2D eigenvalue weighted by atomic mass is 16.3. The highest BCUT2D eigenvalue weighted by molar-refractivity contribution is 5.69. The molecule has 2 rings (SSSR count). The Hall–Kier alpha value is -1.93. The van der Waals surface area contributed by atoms with E-state index in [1.54, 1.807) is 7.05 Å². The van der Waals surface area contributed by atoms with E-state index in [2.05, 4.69) is 4.98 Å². The van der Waals surface area contributed by atoms with E-state index in [9.17, 15) is 14.7 Å². The van der Waals surface area contributed by atoms with Crippen LogP contribution in [0.1, 0.15) is 23.3 Å². The van der Waals surface area contributed by atoms with Gasteiger partial charge < -0.3 is 14.8 Å². The lowest BCUT2D eigenvalue weighted by atomic mass is 10.1. The van der Waals surface area contributed by atoms with Gasteiger partial charge in [0, 0.05) is 23.4 Å². The second-order valence-corrected chi connectivity index (χ2v) is 4.73. The van der Waals surface area contributed by atoms with E-state index in [1.807, 2.05) is 0 Å². The molecule has 8 heteroatoms. The van der Waals surface area contributed by atoms with Gasteiger partial charge in [0.15, 0.2) is 11.2 Å². The first-order valence-electron chi connectivity index (χ1n) is 8.05. The summed E-state index contributed by atoms with van der Waals surface area (Å²) in [6.07, 6.45) is -2.78. The van der Waals surface area contributed by atoms with Crippen LogP contribution in [0.25, 0.3) is 11.2 Å². The van der Waals surface area contributed by atoms with Crippen LogP contribution < -0.4 is 11.2 Å². The van der Waals surface area contributed by atoms with Crippen molar-refractivity contribution in [2.75, 3.05) is 6.58 Å². The van der Waals surface area contributed by atoms with Crippen LogP contribution in [0.5, 0.6) is 0 Å². The Balaban J connectivity index is 2.27. The van der Waals surface area contributed by atoms with Gasteiger partial charge in [-0.1, -0.05) is 0 Å². The Morgan fingerprint density at radius 2 is 2.10 bits per heavy atom. The third-order valence-corrected chi connectivity index (χ3v) is 3.25. The molecule has 21 heavy (non-hydrogen) atoms. The van der Waals surface area contributed by atoms with Crippen molar-refractivity contribution in [2.45, 2.75) is 31.9 Å². The predicted octanol–water partition coefficient (Wildman–Crippen LogP) is -1.04. The van der Waals surface area contributed by atoms with Crippen LogP contribution in [-0.4, -0.2) is 41.6 Å². The number of nitrogens with zero attached hydrogens (tertiary/aromatic N) is 4. The van der Waals surface area contributed by atoms with Crippen LogP contribution in [0.4, 0.5) is 0 Å². The summed E-state index contributed by atoms with van der Waals surface area (Å²) >= 11 is 0. The molecule has 2 N–H and O–H groups in total. The van der Waals surface area contributed by atoms with Crippen molar-refractivity contribution < 1.29 is 14.3 Å². The van der Waals surface area contributed by atoms with E-state index < -0.39 is 30.3 Å². The fourth-order valence-corrected chi connectivity index (χ4v) is 2.13. The average Bonchev–Trinajstić information content (AvgIpc) is 2.89. The van der Waals surface area contributed by atoms with Crippen molar-refractivity contribution in [3.63, 3.8) is 0 Å². The molecule has 0 fully saturated rings. The molecular weight excluding hydrogens is 276 g/mol. The fraction of sp³-hybridized carbons (Fsp3) is 0.615. The maximum absolute atomic E-state index is 12.5. The molecule has 0 saturated carbocycles. The SMILES string of the molecule is [2H]C(O)C(O)C([2H])([2H])CCCn1c(=O)c2c(ncn2C)n(C)c1=O. The van der Waals surface area contributed by atoms with E-state index in [0.29, 0.717) is 0 Å². The van der Waals surface area contributed by atoms with Gasteiger partial charge in [-0.15, -0.1) is 0 Å². The number of aliphatic hydroxyl groups is 2. The standard InChI is InChI=1S/C13H20N4O4/c1-15-8-14-11-10(15)12(20)17(13(21)16(11)2)6-4-3-5-9(19)7-18/h8-9,18-19H,3-7H2,1-2H3/i5D2,7D. The fourth-order valence-electron chi connectivity index (χ4n) is 2.13. The topological polar surface area (TPSA) is 102 Å². The quantitative estimate of drug-likeness (QED) is 0.709. The van der Waals surface area contributed by atoms with Gasteiger partial charge >= 0.3 is 5.69 Å². The van der Waals surface area contributed by atoms with Gasteiger partial charge in [0.2, 0.25) is 0 Å². The van der Waals surface area contributed by atoms with Crippen molar-refractivity contribution in [1.82, 2.24) is 18.7 Å². The van der Waals surface area contributed by atoms with Crippen LogP contribution in [-0.2, 0) is 20.6 Å². The third-order valence-electron chi connectivity index (χ3n) is 3.25. The largest absolute Gasteiger partial charge is 0.394 e. The predicted molar refractivity (Wildman–Crippen MR) is 77.2 cm³/mol. The van der Waals surface area contributed by atoms with E-state index in [1.165, 1.54) is 22.5 Å². The number of imidazole rings is 1. The molecule has 0 radical (unpaired) electrons. The summed E-state index contributed by atoms with van der Waals surface area (Å²) in [5.74, 6) is 0. The Morgan fingerprint density at radius 1 is 1.38 bits per heavy atom. The first kappa shape index (κ1) is 11.7. The lowest BCUT2D eigenvalue weighted by Crippen LogP contribution is -2.39. The van der Waals surface area contributed by atoms with Crippen LogP contribution in [0.2, 0.25) is 0 Å². The van der Waals surface area contributed by atoms with Gasteiger partial charge in [-0.3, -0.25) is 13.9 Å². The Bertz CT molecular complexity index is 855. The third kappa shape index (κ3) is 2.91. The summed E-state index contributed by atoms with van der Waals surface area (Å²) in [5.41, 5.74) is -0.545. The first-order chi connectivity index (χ1) is 11.1. The molecule has 0 amide bonds. The molecule has 2 aromatic heterocycles. The highest BCUT2D eigenvalue weighted by Crippen LogP contribution is 2.05. The second-order valence-electron chi connectivity index (χ2n) is 4.73. The minimum Gasteiger partial charge on any atom is -0.394 e. The molecule has 2 heterocycles. The van der Waals surface area contributed by atoms with E-state index in [4.69, 9.17) is 9.22 Å². The Morgan fingerprint density at radius 3 is 2.76 bits per heavy atom. The van der Waals surface area contributed by atoms with Gasteiger partial charge in [-0.2, -0.15) is 0 Å². The number of fused-ring (bicyclic) bond motifs is 1. The second kappa shape index (κ2) is 6.23. The van der Waals surface area contributed by atoms with Gasteiger partial charge in [0.05, 0.1) is 20.4 Å². The molecule has 0 spiro atoms. The molecule has 8 nitrogen and oxygen atoms in total. The molecule has 116 valence electrons. The zero-order chi connectivity index (χ0) is 18.2. The first-order valence-corrected chi connectivity index (χ1v) is 6.47. The summed E-state index contributed by atoms with van der Waals surface area (Å²) in [5, 5.41) is 18.5. The lowest BCUT2D eigenvalue weighted by Gasteiger charge is -2.09. The van der Waals surface area contributed by atoms with Crippen LogP contribution in [0.15, 0.2) is 15.9 Å². The molecule has 0 aliphatic rings. The van der Waals surface area contributed by atoms with Crippen LogP contribution >= 0.6 is 0 Å². The van der Waals surface area contributed by atoms with Gasteiger partial charge in [0.1, 0.15) is 0 Å². The number of aryl methyl sites for hydroxylation is 2. The normalized spacial score (nSPS) is 17.2. The zero-order valence-electron chi connectivity index (χ0n) is 14.9. The summed E-state index contributed by atoms with van der Waals surface area (Å²) in [6.45, 7) is -2.01. The number of hydrogen-bond acceptors (Lipinski definition) is 5. The summed E-state index contributed by atoms with van der Waals surface area (Å²) in [6, 6.07) is 0. The number of rotatable bonds is 6. The van der Waals surface area contributed by atoms with Gasteiger partial charge in [0.25, 0.3) is 5.56 Å². The molecule has 2 unspecified atom stereocenters. The van der Waals surface area contributed by atoms with E-state index >= 15 is 0 Å². The zero-order valence-corrected chi connectivity index (χ0v) is 11.9. The van der Waals surface area contributed by atoms with Gasteiger partial charge in [-0.25, -0.2) is 9.78 Å². The molecule has 0 aliphatic heterocycles. The number of hydrogen-bond donors (Lipinski definition) is 2. The Kier molecular flexibility index (Phi) is 3.47. The summed E-state index contributed by atoms with van der Waals surface area (Å²) in [4.78, 5) is 28.7. The van der Waals surface area contributed by atoms with Crippen LogP contribution in [0, 0.1) is 0 Å². The van der Waals surface area contributed by atoms with Crippen LogP contribution in [0.3, 0.4) is 0 Å². The van der Waals surface area contributed by atoms with E-state index in [0.717, 1.165) is 4.57 Å². The smallest absolute Gasteiger partial charge is 0.332 e. The molecule has 2 aromatic rings. The van der Waals surface area contributed by atoms with Crippen molar-refractivity contribution in [3.05, 3.63) is 27.2 Å². The average molecular weight is 299 g/mol.